The summed E-state index contributed by atoms with van der Waals surface area (Å²) in [7, 11) is 0. The van der Waals surface area contributed by atoms with Gasteiger partial charge in [-0.2, -0.15) is 0 Å². The van der Waals surface area contributed by atoms with Gasteiger partial charge in [0, 0.05) is 25.3 Å². The Labute approximate surface area is 261 Å². The number of allylic oxidation sites excluding steroid dienone is 6. The van der Waals surface area contributed by atoms with E-state index in [9.17, 15) is 0 Å². The smallest absolute Gasteiger partial charge is 0.0346 e. The number of benzene rings is 1. The third-order valence-electron chi connectivity index (χ3n) is 11.7. The van der Waals surface area contributed by atoms with Crippen LogP contribution in [-0.2, 0) is 6.42 Å². The van der Waals surface area contributed by atoms with Crippen molar-refractivity contribution in [2.24, 2.45) is 47.2 Å². The Morgan fingerprint density at radius 2 is 1.95 bits per heavy atom. The van der Waals surface area contributed by atoms with Gasteiger partial charge in [0.25, 0.3) is 0 Å². The average molecular weight is 578 g/mol. The zero-order valence-electron chi connectivity index (χ0n) is 26.7. The van der Waals surface area contributed by atoms with Gasteiger partial charge in [-0.25, -0.2) is 0 Å². The molecule has 1 heterocycles. The maximum atomic E-state index is 6.06. The molecule has 1 aromatic rings. The second kappa shape index (κ2) is 14.3. The lowest BCUT2D eigenvalue weighted by Crippen LogP contribution is -2.41. The molecule has 6 rings (SSSR count). The summed E-state index contributed by atoms with van der Waals surface area (Å²) in [6.45, 7) is 7.49. The number of aryl methyl sites for hydroxylation is 1. The van der Waals surface area contributed by atoms with Crippen molar-refractivity contribution in [1.29, 1.82) is 0 Å². The van der Waals surface area contributed by atoms with Gasteiger partial charge in [-0.05, 0) is 153 Å². The highest BCUT2D eigenvalue weighted by atomic mass is 14.9. The highest BCUT2D eigenvalue weighted by Crippen LogP contribution is 2.50. The lowest BCUT2D eigenvalue weighted by Gasteiger charge is -2.47. The fraction of sp³-hybridized carbons (Fsp3) is 0.550. The fourth-order valence-corrected chi connectivity index (χ4v) is 9.15. The number of nitrogens with two attached hydrogens (primary N) is 1. The molecular formula is C40H55N3. The topological polar surface area (TPSA) is 50.1 Å². The van der Waals surface area contributed by atoms with Crippen LogP contribution in [0.2, 0.25) is 0 Å². The van der Waals surface area contributed by atoms with E-state index in [2.05, 4.69) is 97.5 Å². The molecule has 0 aromatic heterocycles. The van der Waals surface area contributed by atoms with Crippen molar-refractivity contribution in [2.75, 3.05) is 25.0 Å². The predicted molar refractivity (Wildman–Crippen MR) is 185 cm³/mol. The summed E-state index contributed by atoms with van der Waals surface area (Å²) in [6.07, 6.45) is 34.1. The van der Waals surface area contributed by atoms with Gasteiger partial charge in [0.2, 0.25) is 0 Å². The first-order valence-electron chi connectivity index (χ1n) is 17.5. The monoisotopic (exact) mass is 577 g/mol. The minimum atomic E-state index is 0.558. The standard InChI is InChI=1S/C40H55N3/c1-3-29(25-41)31-14-16-32(17-15-31)34(27-43-36-19-18-30-8-4-5-9-33(30)24-36)13-12-28(2)37-20-21-38(35-22-23-42-26-35)40-11-7-6-10-39(37)40/h3,5-6,9-10,14,16,18-19,22-24,28,34-35,37-40,42-43H,4,7-8,11-13,15,17,20-21,25-27,41H2,1-2H3/b29-3+. The molecule has 7 unspecified atom stereocenters. The van der Waals surface area contributed by atoms with Gasteiger partial charge in [0.05, 0.1) is 0 Å². The van der Waals surface area contributed by atoms with Crippen molar-refractivity contribution in [1.82, 2.24) is 5.32 Å². The van der Waals surface area contributed by atoms with E-state index < -0.39 is 0 Å². The molecule has 1 aromatic carbocycles. The second-order valence-electron chi connectivity index (χ2n) is 14.0. The van der Waals surface area contributed by atoms with Crippen molar-refractivity contribution in [3.8, 4) is 0 Å². The predicted octanol–water partition coefficient (Wildman–Crippen LogP) is 8.98. The van der Waals surface area contributed by atoms with Crippen LogP contribution in [0.4, 0.5) is 5.69 Å². The molecule has 4 aliphatic carbocycles. The molecule has 0 bridgehead atoms. The van der Waals surface area contributed by atoms with Crippen molar-refractivity contribution in [3.05, 3.63) is 94.8 Å². The van der Waals surface area contributed by atoms with E-state index in [1.54, 1.807) is 5.57 Å². The van der Waals surface area contributed by atoms with Crippen LogP contribution in [0.15, 0.2) is 83.7 Å². The fourth-order valence-electron chi connectivity index (χ4n) is 9.15. The summed E-state index contributed by atoms with van der Waals surface area (Å²) in [5, 5.41) is 7.37. The third-order valence-corrected chi connectivity index (χ3v) is 11.7. The summed E-state index contributed by atoms with van der Waals surface area (Å²) in [4.78, 5) is 0. The van der Waals surface area contributed by atoms with E-state index in [1.165, 1.54) is 72.9 Å². The van der Waals surface area contributed by atoms with Crippen LogP contribution in [0.25, 0.3) is 6.08 Å². The van der Waals surface area contributed by atoms with Crippen molar-refractivity contribution in [3.63, 3.8) is 0 Å². The van der Waals surface area contributed by atoms with Crippen LogP contribution in [0, 0.1) is 41.4 Å². The van der Waals surface area contributed by atoms with E-state index in [0.29, 0.717) is 12.5 Å². The molecule has 7 atom stereocenters. The zero-order valence-corrected chi connectivity index (χ0v) is 26.7. The highest BCUT2D eigenvalue weighted by Gasteiger charge is 2.43. The first kappa shape index (κ1) is 30.3. The van der Waals surface area contributed by atoms with E-state index >= 15 is 0 Å². The molecule has 0 spiro atoms. The van der Waals surface area contributed by atoms with Crippen LogP contribution in [0.5, 0.6) is 0 Å². The molecule has 5 aliphatic rings. The number of nitrogens with one attached hydrogen (secondary N) is 2. The van der Waals surface area contributed by atoms with Crippen molar-refractivity contribution < 1.29 is 0 Å². The molecule has 3 nitrogen and oxygen atoms in total. The molecule has 1 saturated carbocycles. The molecule has 0 radical (unpaired) electrons. The zero-order chi connectivity index (χ0) is 29.6. The minimum absolute atomic E-state index is 0.558. The lowest BCUT2D eigenvalue weighted by atomic mass is 9.57. The highest BCUT2D eigenvalue weighted by molar-refractivity contribution is 5.62. The summed E-state index contributed by atoms with van der Waals surface area (Å²) in [6, 6.07) is 6.99. The number of hydrogen-bond acceptors (Lipinski definition) is 3. The summed E-state index contributed by atoms with van der Waals surface area (Å²) in [5.74, 6) is 5.37. The SMILES string of the molecule is C/C=C(\CN)C1=CC=C(C(CCC(C)C2CCC(C3C=CNC3)C3CCC=CC23)CNc2ccc3c(c2)C=CCC3)CC1. The Morgan fingerprint density at radius 1 is 1.02 bits per heavy atom. The van der Waals surface area contributed by atoms with Crippen molar-refractivity contribution in [2.45, 2.75) is 78.1 Å². The quantitative estimate of drug-likeness (QED) is 0.230. The lowest BCUT2D eigenvalue weighted by molar-refractivity contribution is 0.0534. The van der Waals surface area contributed by atoms with E-state index in [1.807, 2.05) is 0 Å². The van der Waals surface area contributed by atoms with Crippen molar-refractivity contribution >= 4 is 11.8 Å². The van der Waals surface area contributed by atoms with Gasteiger partial charge in [-0.3, -0.25) is 0 Å². The van der Waals surface area contributed by atoms with Gasteiger partial charge in [0.15, 0.2) is 0 Å². The van der Waals surface area contributed by atoms with Gasteiger partial charge in [-0.15, -0.1) is 0 Å². The van der Waals surface area contributed by atoms with Gasteiger partial charge < -0.3 is 16.4 Å². The number of hydrogen-bond donors (Lipinski definition) is 3. The largest absolute Gasteiger partial charge is 0.391 e. The van der Waals surface area contributed by atoms with E-state index in [4.69, 9.17) is 5.73 Å². The second-order valence-corrected chi connectivity index (χ2v) is 14.0. The van der Waals surface area contributed by atoms with Crippen LogP contribution in [0.1, 0.15) is 82.8 Å². The average Bonchev–Trinajstić information content (AvgIpc) is 3.60. The van der Waals surface area contributed by atoms with E-state index in [-0.39, 0.29) is 0 Å². The Bertz CT molecular complexity index is 1290. The van der Waals surface area contributed by atoms with Crippen LogP contribution < -0.4 is 16.4 Å². The molecule has 3 heteroatoms. The number of rotatable bonds is 11. The first-order chi connectivity index (χ1) is 21.1. The minimum Gasteiger partial charge on any atom is -0.391 e. The normalized spacial score (nSPS) is 29.7. The van der Waals surface area contributed by atoms with Crippen LogP contribution >= 0.6 is 0 Å². The molecular weight excluding hydrogens is 522 g/mol. The van der Waals surface area contributed by atoms with Gasteiger partial charge in [-0.1, -0.05) is 67.2 Å². The maximum absolute atomic E-state index is 6.06. The molecule has 43 heavy (non-hydrogen) atoms. The first-order valence-corrected chi connectivity index (χ1v) is 17.5. The van der Waals surface area contributed by atoms with Crippen LogP contribution in [0.3, 0.4) is 0 Å². The van der Waals surface area contributed by atoms with Gasteiger partial charge >= 0.3 is 0 Å². The Balaban J connectivity index is 1.15. The summed E-state index contributed by atoms with van der Waals surface area (Å²) < 4.78 is 0. The van der Waals surface area contributed by atoms with Gasteiger partial charge in [0.1, 0.15) is 0 Å². The molecule has 230 valence electrons. The maximum Gasteiger partial charge on any atom is 0.0346 e. The Kier molecular flexibility index (Phi) is 10.1. The van der Waals surface area contributed by atoms with Crippen LogP contribution in [-0.4, -0.2) is 19.6 Å². The Morgan fingerprint density at radius 3 is 2.74 bits per heavy atom. The molecule has 1 aliphatic heterocycles. The third kappa shape index (κ3) is 6.98. The molecule has 0 amide bonds. The summed E-state index contributed by atoms with van der Waals surface area (Å²) >= 11 is 0. The molecule has 4 N–H and O–H groups in total. The molecule has 1 fully saturated rings. The molecule has 0 saturated heterocycles. The Hall–Kier alpha value is -2.78. The summed E-state index contributed by atoms with van der Waals surface area (Å²) in [5.41, 5.74) is 14.5. The van der Waals surface area contributed by atoms with E-state index in [0.717, 1.165) is 67.9 Å². The number of anilines is 1. The number of fused-ring (bicyclic) bond motifs is 2.